The Labute approximate surface area is 114 Å². The summed E-state index contributed by atoms with van der Waals surface area (Å²) in [6, 6.07) is 10.2. The molecule has 19 heavy (non-hydrogen) atoms. The van der Waals surface area contributed by atoms with Crippen LogP contribution in [-0.4, -0.2) is 38.3 Å². The van der Waals surface area contributed by atoms with Crippen LogP contribution >= 0.6 is 0 Å². The molecule has 1 aliphatic heterocycles. The minimum atomic E-state index is -0.361. The van der Waals surface area contributed by atoms with Crippen LogP contribution in [0.15, 0.2) is 30.3 Å². The standard InChI is InChI=1S/C15H22N2O2/c1-15(2,12-6-4-3-5-7-12)11-17-14(18)13-10-16-8-9-19-13/h3-7,13,16H,8-11H2,1-2H3,(H,17,18). The number of benzene rings is 1. The number of hydrogen-bond donors (Lipinski definition) is 2. The Balaban J connectivity index is 1.88. The largest absolute Gasteiger partial charge is 0.366 e. The molecule has 1 aromatic rings. The van der Waals surface area contributed by atoms with Gasteiger partial charge in [-0.1, -0.05) is 44.2 Å². The van der Waals surface area contributed by atoms with Crippen LogP contribution in [0.25, 0.3) is 0 Å². The van der Waals surface area contributed by atoms with Gasteiger partial charge in [-0.25, -0.2) is 0 Å². The summed E-state index contributed by atoms with van der Waals surface area (Å²) >= 11 is 0. The Hall–Kier alpha value is -1.39. The molecule has 0 bridgehead atoms. The van der Waals surface area contributed by atoms with Gasteiger partial charge in [-0.15, -0.1) is 0 Å². The molecule has 2 N–H and O–H groups in total. The van der Waals surface area contributed by atoms with Crippen LogP contribution in [0.4, 0.5) is 0 Å². The first-order valence-corrected chi connectivity index (χ1v) is 6.75. The summed E-state index contributed by atoms with van der Waals surface area (Å²) in [7, 11) is 0. The van der Waals surface area contributed by atoms with Crippen molar-refractivity contribution in [1.82, 2.24) is 10.6 Å². The number of ether oxygens (including phenoxy) is 1. The molecule has 0 radical (unpaired) electrons. The fourth-order valence-corrected chi connectivity index (χ4v) is 2.15. The van der Waals surface area contributed by atoms with E-state index in [1.165, 1.54) is 5.56 Å². The van der Waals surface area contributed by atoms with E-state index in [0.717, 1.165) is 6.54 Å². The van der Waals surface area contributed by atoms with Crippen molar-refractivity contribution in [1.29, 1.82) is 0 Å². The van der Waals surface area contributed by atoms with Crippen LogP contribution in [0.2, 0.25) is 0 Å². The first-order valence-electron chi connectivity index (χ1n) is 6.75. The third kappa shape index (κ3) is 3.78. The predicted octanol–water partition coefficient (Wildman–Crippen LogP) is 1.07. The van der Waals surface area contributed by atoms with Crippen molar-refractivity contribution in [3.63, 3.8) is 0 Å². The molecule has 1 amide bonds. The first-order chi connectivity index (χ1) is 9.09. The van der Waals surface area contributed by atoms with Gasteiger partial charge in [0.1, 0.15) is 6.10 Å². The summed E-state index contributed by atoms with van der Waals surface area (Å²) in [5, 5.41) is 6.15. The lowest BCUT2D eigenvalue weighted by Crippen LogP contribution is -2.49. The third-order valence-electron chi connectivity index (χ3n) is 3.48. The van der Waals surface area contributed by atoms with Gasteiger partial charge in [0.05, 0.1) is 6.61 Å². The van der Waals surface area contributed by atoms with E-state index < -0.39 is 0 Å². The van der Waals surface area contributed by atoms with Crippen molar-refractivity contribution in [2.24, 2.45) is 0 Å². The van der Waals surface area contributed by atoms with Crippen LogP contribution in [0.3, 0.4) is 0 Å². The highest BCUT2D eigenvalue weighted by Gasteiger charge is 2.25. The summed E-state index contributed by atoms with van der Waals surface area (Å²) in [6.07, 6.45) is -0.361. The van der Waals surface area contributed by atoms with Crippen molar-refractivity contribution in [2.45, 2.75) is 25.4 Å². The zero-order chi connectivity index (χ0) is 13.7. The van der Waals surface area contributed by atoms with Crippen LogP contribution in [0.5, 0.6) is 0 Å². The maximum atomic E-state index is 12.0. The second-order valence-electron chi connectivity index (χ2n) is 5.53. The van der Waals surface area contributed by atoms with Crippen LogP contribution in [0.1, 0.15) is 19.4 Å². The lowest BCUT2D eigenvalue weighted by Gasteiger charge is -2.28. The molecule has 2 rings (SSSR count). The zero-order valence-corrected chi connectivity index (χ0v) is 11.6. The fraction of sp³-hybridized carbons (Fsp3) is 0.533. The Morgan fingerprint density at radius 3 is 2.79 bits per heavy atom. The van der Waals surface area contributed by atoms with Crippen LogP contribution in [0, 0.1) is 0 Å². The van der Waals surface area contributed by atoms with Gasteiger partial charge in [0, 0.05) is 25.0 Å². The summed E-state index contributed by atoms with van der Waals surface area (Å²) in [5.74, 6) is -0.0313. The van der Waals surface area contributed by atoms with Crippen molar-refractivity contribution in [2.75, 3.05) is 26.2 Å². The second-order valence-corrected chi connectivity index (χ2v) is 5.53. The topological polar surface area (TPSA) is 50.4 Å². The van der Waals surface area contributed by atoms with Gasteiger partial charge < -0.3 is 15.4 Å². The van der Waals surface area contributed by atoms with E-state index in [1.54, 1.807) is 0 Å². The quantitative estimate of drug-likeness (QED) is 0.853. The van der Waals surface area contributed by atoms with Crippen molar-refractivity contribution >= 4 is 5.91 Å². The molecule has 1 atom stereocenters. The van der Waals surface area contributed by atoms with Gasteiger partial charge in [0.2, 0.25) is 5.91 Å². The zero-order valence-electron chi connectivity index (χ0n) is 11.6. The van der Waals surface area contributed by atoms with Gasteiger partial charge in [-0.05, 0) is 5.56 Å². The monoisotopic (exact) mass is 262 g/mol. The highest BCUT2D eigenvalue weighted by atomic mass is 16.5. The maximum Gasteiger partial charge on any atom is 0.250 e. The molecular weight excluding hydrogens is 240 g/mol. The average molecular weight is 262 g/mol. The number of rotatable bonds is 4. The molecule has 1 heterocycles. The maximum absolute atomic E-state index is 12.0. The van der Waals surface area contributed by atoms with Gasteiger partial charge in [-0.3, -0.25) is 4.79 Å². The number of hydrogen-bond acceptors (Lipinski definition) is 3. The number of carbonyl (C=O) groups is 1. The van der Waals surface area contributed by atoms with E-state index >= 15 is 0 Å². The van der Waals surface area contributed by atoms with E-state index in [4.69, 9.17) is 4.74 Å². The molecule has 4 nitrogen and oxygen atoms in total. The van der Waals surface area contributed by atoms with Gasteiger partial charge in [-0.2, -0.15) is 0 Å². The first kappa shape index (κ1) is 14.0. The van der Waals surface area contributed by atoms with E-state index in [-0.39, 0.29) is 17.4 Å². The van der Waals surface area contributed by atoms with Crippen LogP contribution < -0.4 is 10.6 Å². The number of amides is 1. The lowest BCUT2D eigenvalue weighted by atomic mass is 9.84. The molecule has 0 aromatic heterocycles. The van der Waals surface area contributed by atoms with E-state index in [9.17, 15) is 4.79 Å². The fourth-order valence-electron chi connectivity index (χ4n) is 2.15. The SMILES string of the molecule is CC(C)(CNC(=O)C1CNCCO1)c1ccccc1. The highest BCUT2D eigenvalue weighted by Crippen LogP contribution is 2.21. The molecule has 1 saturated heterocycles. The van der Waals surface area contributed by atoms with E-state index in [0.29, 0.717) is 19.7 Å². The number of nitrogens with one attached hydrogen (secondary N) is 2. The molecule has 1 aliphatic rings. The number of carbonyl (C=O) groups excluding carboxylic acids is 1. The Bertz CT molecular complexity index is 411. The molecule has 0 spiro atoms. The normalized spacial score (nSPS) is 20.0. The lowest BCUT2D eigenvalue weighted by molar-refractivity contribution is -0.134. The summed E-state index contributed by atoms with van der Waals surface area (Å²) in [6.45, 7) is 6.87. The molecule has 104 valence electrons. The molecule has 1 aromatic carbocycles. The van der Waals surface area contributed by atoms with Gasteiger partial charge >= 0.3 is 0 Å². The van der Waals surface area contributed by atoms with E-state index in [2.05, 4.69) is 36.6 Å². The second kappa shape index (κ2) is 6.17. The molecule has 1 unspecified atom stereocenters. The minimum absolute atomic E-state index is 0.0313. The molecule has 0 aliphatic carbocycles. The minimum Gasteiger partial charge on any atom is -0.366 e. The van der Waals surface area contributed by atoms with Gasteiger partial charge in [0.25, 0.3) is 0 Å². The average Bonchev–Trinajstić information content (AvgIpc) is 2.47. The third-order valence-corrected chi connectivity index (χ3v) is 3.48. The Kier molecular flexibility index (Phi) is 4.56. The molecule has 1 fully saturated rings. The number of morpholine rings is 1. The smallest absolute Gasteiger partial charge is 0.250 e. The highest BCUT2D eigenvalue weighted by molar-refractivity contribution is 5.81. The predicted molar refractivity (Wildman–Crippen MR) is 75.1 cm³/mol. The molecule has 4 heteroatoms. The summed E-state index contributed by atoms with van der Waals surface area (Å²) in [4.78, 5) is 12.0. The summed E-state index contributed by atoms with van der Waals surface area (Å²) in [5.41, 5.74) is 1.14. The Morgan fingerprint density at radius 1 is 1.42 bits per heavy atom. The van der Waals surface area contributed by atoms with Gasteiger partial charge in [0.15, 0.2) is 0 Å². The molecule has 0 saturated carbocycles. The van der Waals surface area contributed by atoms with E-state index in [1.807, 2.05) is 18.2 Å². The summed E-state index contributed by atoms with van der Waals surface area (Å²) < 4.78 is 5.44. The van der Waals surface area contributed by atoms with Crippen LogP contribution in [-0.2, 0) is 14.9 Å². The van der Waals surface area contributed by atoms with Crippen molar-refractivity contribution in [3.8, 4) is 0 Å². The van der Waals surface area contributed by atoms with Crippen molar-refractivity contribution < 1.29 is 9.53 Å². The van der Waals surface area contributed by atoms with Crippen molar-refractivity contribution in [3.05, 3.63) is 35.9 Å². The molecular formula is C15H22N2O2. The Morgan fingerprint density at radius 2 is 2.16 bits per heavy atom.